The predicted molar refractivity (Wildman–Crippen MR) is 175 cm³/mol. The smallest absolute Gasteiger partial charge is 0.408 e. The highest BCUT2D eigenvalue weighted by atomic mass is 19.1. The second-order valence-corrected chi connectivity index (χ2v) is 13.3. The van der Waals surface area contributed by atoms with Gasteiger partial charge in [-0.05, 0) is 51.9 Å². The number of ether oxygens (including phenoxy) is 2. The normalized spacial score (nSPS) is 17.2. The van der Waals surface area contributed by atoms with E-state index in [1.807, 2.05) is 13.8 Å². The van der Waals surface area contributed by atoms with Crippen LogP contribution in [0.15, 0.2) is 0 Å². The molecule has 0 saturated carbocycles. The Labute approximate surface area is 282 Å². The number of carbonyl (C=O) groups excluding carboxylic acids is 3. The summed E-state index contributed by atoms with van der Waals surface area (Å²) in [7, 11) is 0. The van der Waals surface area contributed by atoms with Gasteiger partial charge in [0.15, 0.2) is 0 Å². The number of nitrogens with zero attached hydrogens (tertiary/aromatic N) is 2. The molecule has 280 valence electrons. The Morgan fingerprint density at radius 1 is 1.00 bits per heavy atom. The minimum absolute atomic E-state index is 0.0728. The fourth-order valence-electron chi connectivity index (χ4n) is 4.58. The third-order valence-corrected chi connectivity index (χ3v) is 6.94. The number of carboxylic acids is 2. The van der Waals surface area contributed by atoms with E-state index in [1.165, 1.54) is 4.90 Å². The number of amides is 4. The fraction of sp³-hybridized carbons (Fsp3) is 0.839. The largest absolute Gasteiger partial charge is 0.480 e. The molecule has 2 rings (SSSR count). The second kappa shape index (κ2) is 23.1. The predicted octanol–water partition coefficient (Wildman–Crippen LogP) is 1.98. The summed E-state index contributed by atoms with van der Waals surface area (Å²) in [5.74, 6) is -2.26. The maximum Gasteiger partial charge on any atom is 0.408 e. The number of aliphatic carboxylic acids is 2. The van der Waals surface area contributed by atoms with Gasteiger partial charge < -0.3 is 46.3 Å². The van der Waals surface area contributed by atoms with Crippen molar-refractivity contribution in [1.82, 2.24) is 25.8 Å². The molecule has 3 atom stereocenters. The number of rotatable bonds is 14. The van der Waals surface area contributed by atoms with Crippen LogP contribution in [0.1, 0.15) is 67.7 Å². The van der Waals surface area contributed by atoms with E-state index in [-0.39, 0.29) is 17.9 Å². The Morgan fingerprint density at radius 2 is 1.58 bits per heavy atom. The molecule has 0 bridgehead atoms. The summed E-state index contributed by atoms with van der Waals surface area (Å²) in [5.41, 5.74) is 4.88. The number of alkyl halides is 2. The molecule has 2 fully saturated rings. The van der Waals surface area contributed by atoms with Gasteiger partial charge >= 0.3 is 24.1 Å². The van der Waals surface area contributed by atoms with Crippen molar-refractivity contribution in [2.24, 2.45) is 17.6 Å². The van der Waals surface area contributed by atoms with Gasteiger partial charge in [0.1, 0.15) is 31.0 Å². The van der Waals surface area contributed by atoms with Gasteiger partial charge in [0.25, 0.3) is 0 Å². The second-order valence-electron chi connectivity index (χ2n) is 13.3. The molecule has 0 aliphatic carbocycles. The first kappa shape index (κ1) is 44.7. The molecule has 2 aliphatic heterocycles. The van der Waals surface area contributed by atoms with Crippen molar-refractivity contribution >= 4 is 30.0 Å². The number of hydrogen-bond donors (Lipinski definition) is 6. The van der Waals surface area contributed by atoms with Crippen LogP contribution in [0.25, 0.3) is 0 Å². The van der Waals surface area contributed by atoms with E-state index in [0.717, 1.165) is 19.5 Å². The van der Waals surface area contributed by atoms with Crippen LogP contribution in [0.2, 0.25) is 0 Å². The van der Waals surface area contributed by atoms with Crippen LogP contribution < -0.4 is 21.7 Å². The maximum absolute atomic E-state index is 12.0. The van der Waals surface area contributed by atoms with Crippen molar-refractivity contribution in [2.45, 2.75) is 97.5 Å². The molecule has 17 heteroatoms. The van der Waals surface area contributed by atoms with Gasteiger partial charge in [-0.3, -0.25) is 9.69 Å². The summed E-state index contributed by atoms with van der Waals surface area (Å²) < 4.78 is 34.4. The quantitative estimate of drug-likeness (QED) is 0.155. The fourth-order valence-corrected chi connectivity index (χ4v) is 4.58. The van der Waals surface area contributed by atoms with E-state index < -0.39 is 67.1 Å². The summed E-state index contributed by atoms with van der Waals surface area (Å²) in [6.45, 7) is 15.5. The molecule has 0 aromatic carbocycles. The standard InChI is InChI=1S/C13H24N2O5.C9H18F2N2O.C9H16N2O3/c1-13(2,3)20-12(18)14-10(11(16)17)4-5-15-6-8-19-9-7-15;1-6(2)3-8(12)9(14)13-7(4-10)5-11;1-6(2)7(8(12)13)11-5-3-4-10-9(11)14/h10H,4-9H2,1-3H3,(H,14,18)(H,16,17);6-8H,3-5,12H2,1-2H3,(H,13,14);6-7H,3-5H2,1-2H3,(H,10,14)(H,12,13)/t10-;8-;7-/m000/s1. The number of carboxylic acid groups (broad SMARTS) is 2. The SMILES string of the molecule is CC(C)(C)OC(=O)N[C@@H](CCN1CCOCC1)C(=O)O.CC(C)C[C@H](N)C(=O)NC(CF)CF.CC(C)[C@@H](C(=O)O)N1CCCNC1=O. The molecular weight excluding hydrogens is 638 g/mol. The van der Waals surface area contributed by atoms with Crippen molar-refractivity contribution < 1.29 is 52.4 Å². The summed E-state index contributed by atoms with van der Waals surface area (Å²) in [5, 5.41) is 25.4. The van der Waals surface area contributed by atoms with Gasteiger partial charge in [-0.1, -0.05) is 27.7 Å². The van der Waals surface area contributed by atoms with E-state index in [9.17, 15) is 32.8 Å². The van der Waals surface area contributed by atoms with Crippen LogP contribution in [0.5, 0.6) is 0 Å². The average molecular weight is 697 g/mol. The van der Waals surface area contributed by atoms with E-state index in [4.69, 9.17) is 25.4 Å². The molecule has 15 nitrogen and oxygen atoms in total. The topological polar surface area (TPSA) is 213 Å². The van der Waals surface area contributed by atoms with Crippen LogP contribution in [0, 0.1) is 11.8 Å². The molecule has 0 aromatic heterocycles. The number of alkyl carbamates (subject to hydrolysis) is 1. The van der Waals surface area contributed by atoms with Crippen LogP contribution in [0.3, 0.4) is 0 Å². The molecule has 48 heavy (non-hydrogen) atoms. The Balaban J connectivity index is 0.000000709. The van der Waals surface area contributed by atoms with Crippen LogP contribution in [0.4, 0.5) is 18.4 Å². The molecule has 0 radical (unpaired) electrons. The zero-order chi connectivity index (χ0) is 37.0. The summed E-state index contributed by atoms with van der Waals surface area (Å²) in [4.78, 5) is 59.9. The minimum Gasteiger partial charge on any atom is -0.480 e. The lowest BCUT2D eigenvalue weighted by Gasteiger charge is -2.34. The Morgan fingerprint density at radius 3 is 2.02 bits per heavy atom. The Kier molecular flexibility index (Phi) is 21.5. The molecule has 7 N–H and O–H groups in total. The van der Waals surface area contributed by atoms with E-state index in [1.54, 1.807) is 34.6 Å². The molecule has 0 aromatic rings. The first-order valence-corrected chi connectivity index (χ1v) is 16.3. The summed E-state index contributed by atoms with van der Waals surface area (Å²) in [6.07, 6.45) is 0.959. The van der Waals surface area contributed by atoms with Gasteiger partial charge in [-0.25, -0.2) is 28.0 Å². The van der Waals surface area contributed by atoms with Gasteiger partial charge in [-0.15, -0.1) is 0 Å². The highest BCUT2D eigenvalue weighted by Gasteiger charge is 2.33. The number of halogens is 2. The zero-order valence-electron chi connectivity index (χ0n) is 29.4. The van der Waals surface area contributed by atoms with Crippen molar-refractivity contribution in [2.75, 3.05) is 59.3 Å². The molecule has 4 amide bonds. The van der Waals surface area contributed by atoms with Crippen LogP contribution in [-0.2, 0) is 23.9 Å². The first-order valence-electron chi connectivity index (χ1n) is 16.3. The highest BCUT2D eigenvalue weighted by molar-refractivity contribution is 5.83. The number of hydrogen-bond acceptors (Lipinski definition) is 9. The number of carbonyl (C=O) groups is 5. The number of nitrogens with two attached hydrogens (primary N) is 1. The van der Waals surface area contributed by atoms with Crippen LogP contribution in [-0.4, -0.2) is 139 Å². The Bertz CT molecular complexity index is 990. The van der Waals surface area contributed by atoms with Gasteiger partial charge in [-0.2, -0.15) is 0 Å². The molecular formula is C31H58F2N6O9. The van der Waals surface area contributed by atoms with Gasteiger partial charge in [0.05, 0.1) is 25.3 Å². The van der Waals surface area contributed by atoms with Crippen LogP contribution >= 0.6 is 0 Å². The lowest BCUT2D eigenvalue weighted by molar-refractivity contribution is -0.144. The molecule has 0 unspecified atom stereocenters. The van der Waals surface area contributed by atoms with E-state index in [0.29, 0.717) is 45.7 Å². The highest BCUT2D eigenvalue weighted by Crippen LogP contribution is 2.14. The molecule has 0 spiro atoms. The van der Waals surface area contributed by atoms with Crippen molar-refractivity contribution in [1.29, 1.82) is 0 Å². The molecule has 2 heterocycles. The van der Waals surface area contributed by atoms with Gasteiger partial charge in [0.2, 0.25) is 5.91 Å². The Hall–Kier alpha value is -3.31. The van der Waals surface area contributed by atoms with Crippen molar-refractivity contribution in [3.8, 4) is 0 Å². The van der Waals surface area contributed by atoms with E-state index >= 15 is 0 Å². The van der Waals surface area contributed by atoms with Crippen molar-refractivity contribution in [3.05, 3.63) is 0 Å². The molecule has 2 saturated heterocycles. The minimum atomic E-state index is -1.05. The van der Waals surface area contributed by atoms with E-state index in [2.05, 4.69) is 20.9 Å². The average Bonchev–Trinajstić information content (AvgIpc) is 2.98. The third kappa shape index (κ3) is 19.5. The summed E-state index contributed by atoms with van der Waals surface area (Å²) >= 11 is 0. The monoisotopic (exact) mass is 696 g/mol. The number of urea groups is 1. The lowest BCUT2D eigenvalue weighted by atomic mass is 10.0. The number of morpholine rings is 1. The first-order chi connectivity index (χ1) is 22.3. The molecule has 2 aliphatic rings. The zero-order valence-corrected chi connectivity index (χ0v) is 29.4. The van der Waals surface area contributed by atoms with Gasteiger partial charge in [0, 0.05) is 32.7 Å². The maximum atomic E-state index is 12.0. The third-order valence-electron chi connectivity index (χ3n) is 6.94. The van der Waals surface area contributed by atoms with Crippen molar-refractivity contribution in [3.63, 3.8) is 0 Å². The lowest BCUT2D eigenvalue weighted by Crippen LogP contribution is -2.55. The number of nitrogens with one attached hydrogen (secondary N) is 3. The summed E-state index contributed by atoms with van der Waals surface area (Å²) in [6, 6.07) is -3.66.